The van der Waals surface area contributed by atoms with Crippen LogP contribution in [-0.2, 0) is 20.9 Å². The second-order valence-electron chi connectivity index (χ2n) is 8.17. The number of carbonyl (C=O) groups is 4. The van der Waals surface area contributed by atoms with Gasteiger partial charge in [-0.3, -0.25) is 29.4 Å². The molecule has 5 aliphatic heterocycles. The van der Waals surface area contributed by atoms with E-state index >= 15 is 0 Å². The Hall–Kier alpha value is -2.85. The number of piperazine rings is 1. The molecule has 0 saturated carbocycles. The normalized spacial score (nSPS) is 28.6. The minimum absolute atomic E-state index is 0.134. The maximum Gasteiger partial charge on any atom is 0.256 e. The molecule has 4 saturated heterocycles. The van der Waals surface area contributed by atoms with Crippen LogP contribution in [0.3, 0.4) is 0 Å². The van der Waals surface area contributed by atoms with Crippen molar-refractivity contribution in [2.24, 2.45) is 0 Å². The van der Waals surface area contributed by atoms with E-state index in [9.17, 15) is 19.2 Å². The van der Waals surface area contributed by atoms with E-state index in [1.54, 1.807) is 6.07 Å². The third kappa shape index (κ3) is 3.38. The van der Waals surface area contributed by atoms with Crippen LogP contribution in [0.4, 0.5) is 5.82 Å². The van der Waals surface area contributed by atoms with Crippen LogP contribution in [-0.4, -0.2) is 76.2 Å². The number of piperidine rings is 2. The van der Waals surface area contributed by atoms with Crippen LogP contribution in [0.1, 0.15) is 35.2 Å². The highest BCUT2D eigenvalue weighted by atomic mass is 16.2. The predicted octanol–water partition coefficient (Wildman–Crippen LogP) is -1.17. The minimum Gasteiger partial charge on any atom is -0.322 e. The van der Waals surface area contributed by atoms with Crippen molar-refractivity contribution < 1.29 is 19.2 Å². The first-order chi connectivity index (χ1) is 14.0. The molecule has 2 bridgehead atoms. The summed E-state index contributed by atoms with van der Waals surface area (Å²) in [5.74, 6) is -0.779. The molecule has 1 aromatic heterocycles. The average molecular weight is 398 g/mol. The number of carbonyl (C=O) groups excluding carboxylic acids is 4. The van der Waals surface area contributed by atoms with Gasteiger partial charge in [0, 0.05) is 44.3 Å². The number of anilines is 1. The molecular formula is C19H22N6O4. The molecule has 3 unspecified atom stereocenters. The number of pyridine rings is 1. The second kappa shape index (κ2) is 6.89. The number of hydrogen-bond acceptors (Lipinski definition) is 7. The van der Waals surface area contributed by atoms with Crippen molar-refractivity contribution in [1.82, 2.24) is 25.4 Å². The van der Waals surface area contributed by atoms with E-state index in [2.05, 4.69) is 25.8 Å². The zero-order valence-corrected chi connectivity index (χ0v) is 15.8. The van der Waals surface area contributed by atoms with Gasteiger partial charge in [0.1, 0.15) is 11.9 Å². The average Bonchev–Trinajstić information content (AvgIpc) is 2.97. The second-order valence-corrected chi connectivity index (χ2v) is 8.17. The van der Waals surface area contributed by atoms with Gasteiger partial charge in [-0.25, -0.2) is 4.98 Å². The lowest BCUT2D eigenvalue weighted by Gasteiger charge is -2.48. The third-order valence-corrected chi connectivity index (χ3v) is 6.04. The standard InChI is InChI=1S/C19H22N6O4/c26-16-2-1-14(18(28)23-16)25-6-10-3-15(20-5-13(10)19(25)29)22-17(27)9-24-7-11-4-12(8-24)21-11/h3,5,11-12,14,21H,1-2,4,6-9H2,(H,20,22,27)(H,23,26,28). The fourth-order valence-electron chi connectivity index (χ4n) is 4.65. The summed E-state index contributed by atoms with van der Waals surface area (Å²) in [5, 5.41) is 8.52. The van der Waals surface area contributed by atoms with Gasteiger partial charge in [0.25, 0.3) is 5.91 Å². The number of aromatic nitrogens is 1. The monoisotopic (exact) mass is 398 g/mol. The molecule has 152 valence electrons. The smallest absolute Gasteiger partial charge is 0.256 e. The summed E-state index contributed by atoms with van der Waals surface area (Å²) >= 11 is 0. The van der Waals surface area contributed by atoms with E-state index in [1.165, 1.54) is 17.5 Å². The molecule has 5 aliphatic rings. The van der Waals surface area contributed by atoms with Crippen molar-refractivity contribution >= 4 is 29.4 Å². The van der Waals surface area contributed by atoms with Gasteiger partial charge in [-0.15, -0.1) is 0 Å². The minimum atomic E-state index is -0.662. The van der Waals surface area contributed by atoms with E-state index in [4.69, 9.17) is 0 Å². The molecule has 3 N–H and O–H groups in total. The summed E-state index contributed by atoms with van der Waals surface area (Å²) in [6, 6.07) is 2.00. The fraction of sp³-hybridized carbons (Fsp3) is 0.526. The Balaban J connectivity index is 1.23. The SMILES string of the molecule is O=C1CCC(N2Cc3cc(NC(=O)CN4CC5CC(C4)N5)ncc3C2=O)C(=O)N1. The van der Waals surface area contributed by atoms with Gasteiger partial charge in [-0.1, -0.05) is 0 Å². The van der Waals surface area contributed by atoms with Crippen LogP contribution in [0.5, 0.6) is 0 Å². The summed E-state index contributed by atoms with van der Waals surface area (Å²) in [6.07, 6.45) is 3.15. The van der Waals surface area contributed by atoms with Crippen LogP contribution >= 0.6 is 0 Å². The quantitative estimate of drug-likeness (QED) is 0.546. The van der Waals surface area contributed by atoms with Crippen molar-refractivity contribution in [2.45, 2.75) is 43.9 Å². The number of nitrogens with zero attached hydrogens (tertiary/aromatic N) is 3. The number of hydrogen-bond donors (Lipinski definition) is 3. The topological polar surface area (TPSA) is 124 Å². The van der Waals surface area contributed by atoms with Gasteiger partial charge in [-0.2, -0.15) is 0 Å². The van der Waals surface area contributed by atoms with Crippen molar-refractivity contribution in [3.63, 3.8) is 0 Å². The molecule has 6 rings (SSSR count). The van der Waals surface area contributed by atoms with Crippen LogP contribution in [0, 0.1) is 0 Å². The molecule has 6 heterocycles. The van der Waals surface area contributed by atoms with E-state index in [0.29, 0.717) is 42.0 Å². The molecule has 10 nitrogen and oxygen atoms in total. The Morgan fingerprint density at radius 1 is 1.24 bits per heavy atom. The Labute approximate surface area is 167 Å². The molecule has 4 amide bonds. The Morgan fingerprint density at radius 3 is 2.72 bits per heavy atom. The highest BCUT2D eigenvalue weighted by molar-refractivity contribution is 6.05. The number of fused-ring (bicyclic) bond motifs is 3. The maximum absolute atomic E-state index is 12.7. The lowest BCUT2D eigenvalue weighted by Crippen LogP contribution is -2.67. The van der Waals surface area contributed by atoms with Gasteiger partial charge < -0.3 is 15.5 Å². The molecule has 4 fully saturated rings. The zero-order chi connectivity index (χ0) is 20.1. The molecule has 0 aromatic carbocycles. The summed E-state index contributed by atoms with van der Waals surface area (Å²) in [7, 11) is 0. The Morgan fingerprint density at radius 2 is 2.00 bits per heavy atom. The maximum atomic E-state index is 12.7. The molecular weight excluding hydrogens is 376 g/mol. The van der Waals surface area contributed by atoms with Crippen molar-refractivity contribution in [2.75, 3.05) is 25.0 Å². The van der Waals surface area contributed by atoms with Crippen molar-refractivity contribution in [3.05, 3.63) is 23.4 Å². The lowest BCUT2D eigenvalue weighted by molar-refractivity contribution is -0.137. The highest BCUT2D eigenvalue weighted by Crippen LogP contribution is 2.28. The van der Waals surface area contributed by atoms with E-state index in [1.807, 2.05) is 0 Å². The Bertz CT molecular complexity index is 902. The highest BCUT2D eigenvalue weighted by Gasteiger charge is 2.40. The predicted molar refractivity (Wildman–Crippen MR) is 101 cm³/mol. The molecule has 0 aliphatic carbocycles. The lowest BCUT2D eigenvalue weighted by atomic mass is 9.91. The summed E-state index contributed by atoms with van der Waals surface area (Å²) in [6.45, 7) is 2.32. The molecule has 0 spiro atoms. The van der Waals surface area contributed by atoms with Gasteiger partial charge in [0.2, 0.25) is 17.7 Å². The summed E-state index contributed by atoms with van der Waals surface area (Å²) < 4.78 is 0. The van der Waals surface area contributed by atoms with E-state index < -0.39 is 11.9 Å². The zero-order valence-electron chi connectivity index (χ0n) is 15.8. The molecule has 0 radical (unpaired) electrons. The number of imide groups is 1. The van der Waals surface area contributed by atoms with Gasteiger partial charge in [-0.05, 0) is 24.5 Å². The first kappa shape index (κ1) is 18.2. The molecule has 3 atom stereocenters. The third-order valence-electron chi connectivity index (χ3n) is 6.04. The van der Waals surface area contributed by atoms with Gasteiger partial charge in [0.05, 0.1) is 12.1 Å². The fourth-order valence-corrected chi connectivity index (χ4v) is 4.65. The Kier molecular flexibility index (Phi) is 4.32. The van der Waals surface area contributed by atoms with Gasteiger partial charge >= 0.3 is 0 Å². The molecule has 29 heavy (non-hydrogen) atoms. The summed E-state index contributed by atoms with van der Waals surface area (Å²) in [5.41, 5.74) is 1.14. The largest absolute Gasteiger partial charge is 0.322 e. The van der Waals surface area contributed by atoms with E-state index in [0.717, 1.165) is 13.1 Å². The number of rotatable bonds is 4. The summed E-state index contributed by atoms with van der Waals surface area (Å²) in [4.78, 5) is 56.3. The number of nitrogens with one attached hydrogen (secondary N) is 3. The van der Waals surface area contributed by atoms with Crippen LogP contribution < -0.4 is 16.0 Å². The van der Waals surface area contributed by atoms with Gasteiger partial charge in [0.15, 0.2) is 0 Å². The first-order valence-corrected chi connectivity index (χ1v) is 9.88. The van der Waals surface area contributed by atoms with Crippen LogP contribution in [0.15, 0.2) is 12.3 Å². The van der Waals surface area contributed by atoms with Crippen LogP contribution in [0.25, 0.3) is 0 Å². The number of amides is 4. The first-order valence-electron chi connectivity index (χ1n) is 9.88. The van der Waals surface area contributed by atoms with E-state index in [-0.39, 0.29) is 30.7 Å². The van der Waals surface area contributed by atoms with Crippen molar-refractivity contribution in [3.8, 4) is 0 Å². The molecule has 1 aromatic rings. The van der Waals surface area contributed by atoms with Crippen molar-refractivity contribution in [1.29, 1.82) is 0 Å². The molecule has 10 heteroatoms. The van der Waals surface area contributed by atoms with Crippen LogP contribution in [0.2, 0.25) is 0 Å².